The summed E-state index contributed by atoms with van der Waals surface area (Å²) in [6.45, 7) is 22.8. The van der Waals surface area contributed by atoms with E-state index in [1.165, 1.54) is 16.7 Å². The van der Waals surface area contributed by atoms with E-state index in [4.69, 9.17) is 17.2 Å². The van der Waals surface area contributed by atoms with Crippen LogP contribution in [0.4, 0.5) is 0 Å². The van der Waals surface area contributed by atoms with Gasteiger partial charge in [0.2, 0.25) is 0 Å². The highest BCUT2D eigenvalue weighted by Crippen LogP contribution is 2.45. The van der Waals surface area contributed by atoms with Gasteiger partial charge in [-0.15, -0.1) is 0 Å². The quantitative estimate of drug-likeness (QED) is 0.614. The van der Waals surface area contributed by atoms with E-state index in [0.29, 0.717) is 6.54 Å². The molecule has 6 N–H and O–H groups in total. The Morgan fingerprint density at radius 3 is 1.37 bits per heavy atom. The molecule has 1 rings (SSSR count). The van der Waals surface area contributed by atoms with Crippen LogP contribution < -0.4 is 17.2 Å². The van der Waals surface area contributed by atoms with E-state index in [0.717, 1.165) is 12.8 Å². The predicted octanol–water partition coefficient (Wildman–Crippen LogP) is 4.73. The van der Waals surface area contributed by atoms with Crippen LogP contribution in [0, 0.1) is 0 Å². The van der Waals surface area contributed by atoms with Crippen molar-refractivity contribution in [1.29, 1.82) is 0 Å². The summed E-state index contributed by atoms with van der Waals surface area (Å²) in [5, 5.41) is 0. The second-order valence-corrected chi connectivity index (χ2v) is 11.9. The van der Waals surface area contributed by atoms with E-state index in [9.17, 15) is 0 Å². The molecule has 0 saturated heterocycles. The summed E-state index contributed by atoms with van der Waals surface area (Å²) in [6.07, 6.45) is 1.80. The molecule has 0 amide bonds. The van der Waals surface area contributed by atoms with Crippen molar-refractivity contribution < 1.29 is 0 Å². The van der Waals surface area contributed by atoms with Gasteiger partial charge in [0.1, 0.15) is 0 Å². The molecule has 0 aliphatic rings. The monoisotopic (exact) mass is 375 g/mol. The van der Waals surface area contributed by atoms with Crippen LogP contribution in [0.3, 0.4) is 0 Å². The molecule has 3 heteroatoms. The Bertz CT molecular complexity index is 641. The molecule has 0 heterocycles. The Balaban J connectivity index is 3.78. The Labute approximate surface area is 168 Å². The van der Waals surface area contributed by atoms with Crippen molar-refractivity contribution in [3.8, 4) is 0 Å². The van der Waals surface area contributed by atoms with Gasteiger partial charge < -0.3 is 17.2 Å². The summed E-state index contributed by atoms with van der Waals surface area (Å²) in [7, 11) is 0. The third kappa shape index (κ3) is 6.30. The number of nitrogens with two attached hydrogens (primary N) is 3. The van der Waals surface area contributed by atoms with Crippen LogP contribution in [0.2, 0.25) is 0 Å². The zero-order valence-electron chi connectivity index (χ0n) is 19.6. The second-order valence-electron chi connectivity index (χ2n) is 11.9. The first-order chi connectivity index (χ1) is 11.8. The number of benzene rings is 1. The van der Waals surface area contributed by atoms with Crippen molar-refractivity contribution >= 4 is 0 Å². The van der Waals surface area contributed by atoms with E-state index < -0.39 is 0 Å². The molecule has 0 fully saturated rings. The molecular formula is C24H45N3. The van der Waals surface area contributed by atoms with Crippen molar-refractivity contribution in [1.82, 2.24) is 0 Å². The first-order valence-corrected chi connectivity index (χ1v) is 10.2. The maximum atomic E-state index is 6.47. The lowest BCUT2D eigenvalue weighted by molar-refractivity contribution is 0.319. The minimum Gasteiger partial charge on any atom is -0.330 e. The second kappa shape index (κ2) is 7.50. The van der Waals surface area contributed by atoms with Crippen molar-refractivity contribution in [2.24, 2.45) is 17.2 Å². The van der Waals surface area contributed by atoms with Gasteiger partial charge in [-0.3, -0.25) is 0 Å². The Kier molecular flexibility index (Phi) is 6.70. The van der Waals surface area contributed by atoms with Gasteiger partial charge in [-0.25, -0.2) is 0 Å². The van der Waals surface area contributed by atoms with Gasteiger partial charge in [0.15, 0.2) is 0 Å². The van der Waals surface area contributed by atoms with Crippen molar-refractivity contribution in [2.45, 2.75) is 109 Å². The van der Waals surface area contributed by atoms with Gasteiger partial charge in [-0.05, 0) is 68.1 Å². The fourth-order valence-corrected chi connectivity index (χ4v) is 4.98. The number of hydrogen-bond acceptors (Lipinski definition) is 3. The molecule has 156 valence electrons. The molecule has 0 radical (unpaired) electrons. The molecule has 0 aromatic heterocycles. The van der Waals surface area contributed by atoms with E-state index in [1.54, 1.807) is 0 Å². The van der Waals surface area contributed by atoms with Crippen LogP contribution >= 0.6 is 0 Å². The molecule has 0 aliphatic carbocycles. The molecule has 1 aromatic carbocycles. The normalized spacial score (nSPS) is 14.6. The smallest absolute Gasteiger partial charge is 0.0105 e. The Morgan fingerprint density at radius 2 is 1.00 bits per heavy atom. The standard InChI is InChI=1S/C24H45N3/c1-20(2,14-23(7,8)26)17-12-11-13-18(22(5,6)16-25)19(17)21(3,4)15-24(9,10)27/h11-13H,14-16,25-27H2,1-10H3. The average Bonchev–Trinajstić information content (AvgIpc) is 2.41. The van der Waals surface area contributed by atoms with Crippen LogP contribution in [-0.4, -0.2) is 17.6 Å². The highest BCUT2D eigenvalue weighted by Gasteiger charge is 2.39. The van der Waals surface area contributed by atoms with Gasteiger partial charge in [0.25, 0.3) is 0 Å². The fraction of sp³-hybridized carbons (Fsp3) is 0.750. The van der Waals surface area contributed by atoms with Crippen LogP contribution in [0.1, 0.15) is 98.8 Å². The van der Waals surface area contributed by atoms with Crippen molar-refractivity contribution in [3.63, 3.8) is 0 Å². The first-order valence-electron chi connectivity index (χ1n) is 10.2. The van der Waals surface area contributed by atoms with E-state index in [-0.39, 0.29) is 27.3 Å². The molecule has 0 aliphatic heterocycles. The van der Waals surface area contributed by atoms with E-state index >= 15 is 0 Å². The summed E-state index contributed by atoms with van der Waals surface area (Å²) in [5.74, 6) is 0. The highest BCUT2D eigenvalue weighted by molar-refractivity contribution is 5.48. The van der Waals surface area contributed by atoms with Gasteiger partial charge in [-0.2, -0.15) is 0 Å². The third-order valence-corrected chi connectivity index (χ3v) is 5.50. The van der Waals surface area contributed by atoms with E-state index in [2.05, 4.69) is 87.4 Å². The topological polar surface area (TPSA) is 78.1 Å². The minimum atomic E-state index is -0.252. The summed E-state index contributed by atoms with van der Waals surface area (Å²) in [6, 6.07) is 6.71. The predicted molar refractivity (Wildman–Crippen MR) is 120 cm³/mol. The zero-order chi connectivity index (χ0) is 21.5. The zero-order valence-corrected chi connectivity index (χ0v) is 19.6. The summed E-state index contributed by atoms with van der Waals surface area (Å²) >= 11 is 0. The largest absolute Gasteiger partial charge is 0.330 e. The molecule has 0 atom stereocenters. The molecule has 0 saturated carbocycles. The van der Waals surface area contributed by atoms with Crippen molar-refractivity contribution in [3.05, 3.63) is 34.9 Å². The van der Waals surface area contributed by atoms with Crippen LogP contribution in [0.25, 0.3) is 0 Å². The lowest BCUT2D eigenvalue weighted by Crippen LogP contribution is -2.44. The lowest BCUT2D eigenvalue weighted by Gasteiger charge is -2.43. The van der Waals surface area contributed by atoms with Crippen molar-refractivity contribution in [2.75, 3.05) is 6.54 Å². The third-order valence-electron chi connectivity index (χ3n) is 5.50. The molecule has 0 unspecified atom stereocenters. The molecular weight excluding hydrogens is 330 g/mol. The highest BCUT2D eigenvalue weighted by atomic mass is 14.7. The van der Waals surface area contributed by atoms with Crippen LogP contribution in [-0.2, 0) is 16.2 Å². The lowest BCUT2D eigenvalue weighted by atomic mass is 9.63. The van der Waals surface area contributed by atoms with Gasteiger partial charge in [0, 0.05) is 23.0 Å². The molecule has 0 spiro atoms. The average molecular weight is 376 g/mol. The SMILES string of the molecule is CC(C)(N)CC(C)(C)c1cccc(C(C)(C)CN)c1C(C)(C)CC(C)(C)N. The van der Waals surface area contributed by atoms with Crippen LogP contribution in [0.5, 0.6) is 0 Å². The minimum absolute atomic E-state index is 0.0513. The van der Waals surface area contributed by atoms with Gasteiger partial charge in [0.05, 0.1) is 0 Å². The van der Waals surface area contributed by atoms with Crippen LogP contribution in [0.15, 0.2) is 18.2 Å². The molecule has 3 nitrogen and oxygen atoms in total. The Morgan fingerprint density at radius 1 is 0.630 bits per heavy atom. The summed E-state index contributed by atoms with van der Waals surface area (Å²) in [5.41, 5.74) is 22.5. The fourth-order valence-electron chi connectivity index (χ4n) is 4.98. The molecule has 1 aromatic rings. The Hall–Kier alpha value is -0.900. The summed E-state index contributed by atoms with van der Waals surface area (Å²) in [4.78, 5) is 0. The summed E-state index contributed by atoms with van der Waals surface area (Å²) < 4.78 is 0. The maximum absolute atomic E-state index is 6.47. The van der Waals surface area contributed by atoms with E-state index in [1.807, 2.05) is 0 Å². The first kappa shape index (κ1) is 24.1. The van der Waals surface area contributed by atoms with Gasteiger partial charge in [-0.1, -0.05) is 59.7 Å². The van der Waals surface area contributed by atoms with Gasteiger partial charge >= 0.3 is 0 Å². The molecule has 27 heavy (non-hydrogen) atoms. The maximum Gasteiger partial charge on any atom is 0.0105 e. The molecule has 0 bridgehead atoms. The number of rotatable bonds is 8. The number of hydrogen-bond donors (Lipinski definition) is 3.